The lowest BCUT2D eigenvalue weighted by atomic mass is 10.2. The van der Waals surface area contributed by atoms with E-state index in [-0.39, 0.29) is 0 Å². The molecule has 1 aliphatic carbocycles. The lowest BCUT2D eigenvalue weighted by Crippen LogP contribution is -2.09. The topological polar surface area (TPSA) is 18.5 Å². The van der Waals surface area contributed by atoms with E-state index >= 15 is 0 Å². The summed E-state index contributed by atoms with van der Waals surface area (Å²) in [5.74, 6) is 0.985. The molecule has 0 N–H and O–H groups in total. The minimum absolute atomic E-state index is 0.291. The smallest absolute Gasteiger partial charge is 0.115 e. The van der Waals surface area contributed by atoms with Crippen molar-refractivity contribution >= 4 is 0 Å². The van der Waals surface area contributed by atoms with Crippen LogP contribution in [-0.2, 0) is 9.47 Å². The molecule has 0 aliphatic heterocycles. The Labute approximate surface area is 80.2 Å². The summed E-state index contributed by atoms with van der Waals surface area (Å²) in [6, 6.07) is 0. The normalized spacial score (nSPS) is 16.1. The van der Waals surface area contributed by atoms with Gasteiger partial charge in [0.1, 0.15) is 12.4 Å². The molecule has 0 saturated heterocycles. The highest BCUT2D eigenvalue weighted by Gasteiger charge is 1.98. The van der Waals surface area contributed by atoms with Gasteiger partial charge < -0.3 is 9.47 Å². The summed E-state index contributed by atoms with van der Waals surface area (Å²) in [5.41, 5.74) is 0. The third-order valence-corrected chi connectivity index (χ3v) is 1.76. The fraction of sp³-hybridized carbons (Fsp3) is 0.636. The Morgan fingerprint density at radius 3 is 2.77 bits per heavy atom. The van der Waals surface area contributed by atoms with E-state index in [4.69, 9.17) is 9.47 Å². The molecule has 0 amide bonds. The fourth-order valence-electron chi connectivity index (χ4n) is 1.14. The second-order valence-corrected chi connectivity index (χ2v) is 3.35. The molecule has 2 heteroatoms. The van der Waals surface area contributed by atoms with Crippen LogP contribution in [-0.4, -0.2) is 19.3 Å². The van der Waals surface area contributed by atoms with Gasteiger partial charge in [0, 0.05) is 0 Å². The van der Waals surface area contributed by atoms with Crippen LogP contribution in [0.1, 0.15) is 26.7 Å². The standard InChI is InChI=1S/C11H18O2/c1-10(2)12-8-9-13-11-6-4-3-5-7-11/h4,6-7,10H,3,5,8-9H2,1-2H3. The number of ether oxygens (including phenoxy) is 2. The van der Waals surface area contributed by atoms with Crippen molar-refractivity contribution in [1.29, 1.82) is 0 Å². The highest BCUT2D eigenvalue weighted by molar-refractivity contribution is 5.15. The summed E-state index contributed by atoms with van der Waals surface area (Å²) < 4.78 is 10.8. The zero-order chi connectivity index (χ0) is 9.52. The number of allylic oxidation sites excluding steroid dienone is 3. The van der Waals surface area contributed by atoms with E-state index in [2.05, 4.69) is 12.2 Å². The molecule has 1 aliphatic rings. The predicted molar refractivity (Wildman–Crippen MR) is 53.5 cm³/mol. The molecule has 0 unspecified atom stereocenters. The predicted octanol–water partition coefficient (Wildman–Crippen LogP) is 2.66. The molecule has 0 saturated carbocycles. The monoisotopic (exact) mass is 182 g/mol. The van der Waals surface area contributed by atoms with Gasteiger partial charge in [0.05, 0.1) is 12.7 Å². The molecular formula is C11H18O2. The zero-order valence-corrected chi connectivity index (χ0v) is 8.45. The summed E-state index contributed by atoms with van der Waals surface area (Å²) in [6.07, 6.45) is 8.80. The third-order valence-electron chi connectivity index (χ3n) is 1.76. The van der Waals surface area contributed by atoms with E-state index in [0.717, 1.165) is 18.6 Å². The number of hydrogen-bond acceptors (Lipinski definition) is 2. The van der Waals surface area contributed by atoms with Crippen LogP contribution in [0.2, 0.25) is 0 Å². The van der Waals surface area contributed by atoms with Crippen molar-refractivity contribution in [2.75, 3.05) is 13.2 Å². The molecule has 0 heterocycles. The molecule has 0 atom stereocenters. The van der Waals surface area contributed by atoms with Gasteiger partial charge in [-0.25, -0.2) is 0 Å². The van der Waals surface area contributed by atoms with Gasteiger partial charge in [0.2, 0.25) is 0 Å². The molecule has 13 heavy (non-hydrogen) atoms. The highest BCUT2D eigenvalue weighted by atomic mass is 16.5. The Bertz CT molecular complexity index is 192. The molecule has 0 aromatic heterocycles. The van der Waals surface area contributed by atoms with Gasteiger partial charge in [0.25, 0.3) is 0 Å². The molecule has 0 fully saturated rings. The van der Waals surface area contributed by atoms with Crippen LogP contribution in [0.4, 0.5) is 0 Å². The van der Waals surface area contributed by atoms with Crippen LogP contribution in [0.25, 0.3) is 0 Å². The summed E-state index contributed by atoms with van der Waals surface area (Å²) in [5, 5.41) is 0. The van der Waals surface area contributed by atoms with Gasteiger partial charge >= 0.3 is 0 Å². The van der Waals surface area contributed by atoms with Crippen molar-refractivity contribution in [3.8, 4) is 0 Å². The number of hydrogen-bond donors (Lipinski definition) is 0. The molecule has 0 bridgehead atoms. The van der Waals surface area contributed by atoms with E-state index in [0.29, 0.717) is 19.3 Å². The Kier molecular flexibility index (Phi) is 4.61. The summed E-state index contributed by atoms with van der Waals surface area (Å²) >= 11 is 0. The molecule has 0 aromatic carbocycles. The Morgan fingerprint density at radius 1 is 1.31 bits per heavy atom. The van der Waals surface area contributed by atoms with E-state index in [1.54, 1.807) is 0 Å². The van der Waals surface area contributed by atoms with Crippen LogP contribution in [0.5, 0.6) is 0 Å². The van der Waals surface area contributed by atoms with E-state index < -0.39 is 0 Å². The Morgan fingerprint density at radius 2 is 2.15 bits per heavy atom. The van der Waals surface area contributed by atoms with Crippen LogP contribution >= 0.6 is 0 Å². The van der Waals surface area contributed by atoms with Gasteiger partial charge in [-0.2, -0.15) is 0 Å². The summed E-state index contributed by atoms with van der Waals surface area (Å²) in [4.78, 5) is 0. The molecule has 0 aromatic rings. The molecule has 0 spiro atoms. The van der Waals surface area contributed by atoms with E-state index in [9.17, 15) is 0 Å². The minimum atomic E-state index is 0.291. The maximum Gasteiger partial charge on any atom is 0.115 e. The molecule has 2 nitrogen and oxygen atoms in total. The summed E-state index contributed by atoms with van der Waals surface area (Å²) in [7, 11) is 0. The van der Waals surface area contributed by atoms with Crippen molar-refractivity contribution in [3.63, 3.8) is 0 Å². The summed E-state index contributed by atoms with van der Waals surface area (Å²) in [6.45, 7) is 5.37. The average Bonchev–Trinajstić information content (AvgIpc) is 2.14. The number of rotatable bonds is 5. The molecule has 1 rings (SSSR count). The first-order valence-corrected chi connectivity index (χ1v) is 4.90. The Hall–Kier alpha value is -0.760. The lowest BCUT2D eigenvalue weighted by Gasteiger charge is -2.11. The zero-order valence-electron chi connectivity index (χ0n) is 8.45. The van der Waals surface area contributed by atoms with Crippen molar-refractivity contribution < 1.29 is 9.47 Å². The SMILES string of the molecule is CC(C)OCCOC1=CCCC=C1. The van der Waals surface area contributed by atoms with Crippen molar-refractivity contribution in [3.05, 3.63) is 24.0 Å². The van der Waals surface area contributed by atoms with Gasteiger partial charge in [-0.3, -0.25) is 0 Å². The Balaban J connectivity index is 2.05. The lowest BCUT2D eigenvalue weighted by molar-refractivity contribution is 0.0405. The second kappa shape index (κ2) is 5.81. The van der Waals surface area contributed by atoms with Gasteiger partial charge in [-0.05, 0) is 38.8 Å². The first-order valence-electron chi connectivity index (χ1n) is 4.90. The minimum Gasteiger partial charge on any atom is -0.492 e. The third kappa shape index (κ3) is 4.73. The largest absolute Gasteiger partial charge is 0.492 e. The van der Waals surface area contributed by atoms with Crippen molar-refractivity contribution in [2.45, 2.75) is 32.8 Å². The van der Waals surface area contributed by atoms with Crippen LogP contribution in [0.3, 0.4) is 0 Å². The molecular weight excluding hydrogens is 164 g/mol. The van der Waals surface area contributed by atoms with Gasteiger partial charge in [-0.15, -0.1) is 0 Å². The van der Waals surface area contributed by atoms with E-state index in [1.807, 2.05) is 19.9 Å². The molecule has 74 valence electrons. The fourth-order valence-corrected chi connectivity index (χ4v) is 1.14. The van der Waals surface area contributed by atoms with Gasteiger partial charge in [0.15, 0.2) is 0 Å². The maximum absolute atomic E-state index is 5.48. The quantitative estimate of drug-likeness (QED) is 0.608. The average molecular weight is 182 g/mol. The second-order valence-electron chi connectivity index (χ2n) is 3.35. The van der Waals surface area contributed by atoms with E-state index in [1.165, 1.54) is 0 Å². The van der Waals surface area contributed by atoms with Crippen molar-refractivity contribution in [2.24, 2.45) is 0 Å². The van der Waals surface area contributed by atoms with Crippen LogP contribution < -0.4 is 0 Å². The van der Waals surface area contributed by atoms with Crippen molar-refractivity contribution in [1.82, 2.24) is 0 Å². The molecule has 0 radical (unpaired) electrons. The van der Waals surface area contributed by atoms with Crippen LogP contribution in [0, 0.1) is 0 Å². The first kappa shape index (κ1) is 10.3. The van der Waals surface area contributed by atoms with Gasteiger partial charge in [-0.1, -0.05) is 6.08 Å². The van der Waals surface area contributed by atoms with Crippen LogP contribution in [0.15, 0.2) is 24.0 Å². The first-order chi connectivity index (χ1) is 6.29. The highest BCUT2D eigenvalue weighted by Crippen LogP contribution is 2.10. The maximum atomic E-state index is 5.48.